The third-order valence-electron chi connectivity index (χ3n) is 3.74. The highest BCUT2D eigenvalue weighted by atomic mass is 79.9. The molecule has 0 amide bonds. The molecule has 110 valence electrons. The topological polar surface area (TPSA) is 49.2 Å². The summed E-state index contributed by atoms with van der Waals surface area (Å²) in [5.74, 6) is 0. The van der Waals surface area contributed by atoms with E-state index in [1.807, 2.05) is 27.7 Å². The van der Waals surface area contributed by atoms with Gasteiger partial charge in [0, 0.05) is 17.8 Å². The van der Waals surface area contributed by atoms with Crippen molar-refractivity contribution < 1.29 is 16.2 Å². The molecule has 1 saturated heterocycles. The molecule has 3 rings (SSSR count). The van der Waals surface area contributed by atoms with Crippen molar-refractivity contribution in [1.82, 2.24) is 14.8 Å². The second kappa shape index (κ2) is 4.93. The number of nitrogens with zero attached hydrogens (tertiary/aromatic N) is 3. The maximum Gasteiger partial charge on any atom is 0.496 e. The summed E-state index contributed by atoms with van der Waals surface area (Å²) >= 11 is 3.09. The highest BCUT2D eigenvalue weighted by molar-refractivity contribution is 9.10. The smallest absolute Gasteiger partial charge is 0.399 e. The second-order valence-electron chi connectivity index (χ2n) is 5.76. The standard InChI is InChI=1S/C14H17BBrN3O2/c1-13(2)14(3,4)21-15(20-13)10-5-12(8-17-6-10)19-9-11(16)7-18-19/h5-9H,1-4H3/i5D,6D,7D,8D,9D. The van der Waals surface area contributed by atoms with Gasteiger partial charge < -0.3 is 9.31 Å². The lowest BCUT2D eigenvalue weighted by atomic mass is 9.80. The third-order valence-corrected chi connectivity index (χ3v) is 4.10. The maximum absolute atomic E-state index is 8.51. The van der Waals surface area contributed by atoms with Crippen LogP contribution >= 0.6 is 15.9 Å². The van der Waals surface area contributed by atoms with Crippen LogP contribution in [-0.4, -0.2) is 33.1 Å². The van der Waals surface area contributed by atoms with Crippen LogP contribution in [0.1, 0.15) is 34.5 Å². The zero-order valence-electron chi connectivity index (χ0n) is 17.1. The molecule has 3 heterocycles. The number of halogens is 1. The Balaban J connectivity index is 2.19. The van der Waals surface area contributed by atoms with Crippen LogP contribution in [0.4, 0.5) is 0 Å². The van der Waals surface area contributed by atoms with E-state index in [4.69, 9.17) is 16.2 Å². The van der Waals surface area contributed by atoms with E-state index in [9.17, 15) is 0 Å². The van der Waals surface area contributed by atoms with E-state index < -0.39 is 18.3 Å². The zero-order chi connectivity index (χ0) is 19.6. The summed E-state index contributed by atoms with van der Waals surface area (Å²) in [5, 5.41) is 3.88. The van der Waals surface area contributed by atoms with Gasteiger partial charge in [0.1, 0.15) is 0 Å². The van der Waals surface area contributed by atoms with Gasteiger partial charge in [-0.2, -0.15) is 5.10 Å². The molecule has 2 aromatic rings. The number of aromatic nitrogens is 3. The average Bonchev–Trinajstić information content (AvgIpc) is 2.85. The molecule has 0 unspecified atom stereocenters. The first-order valence-electron chi connectivity index (χ1n) is 8.93. The van der Waals surface area contributed by atoms with Crippen LogP contribution in [0.15, 0.2) is 35.2 Å². The van der Waals surface area contributed by atoms with Crippen LogP contribution in [-0.2, 0) is 9.31 Å². The molecule has 1 fully saturated rings. The minimum atomic E-state index is -1.00. The van der Waals surface area contributed by atoms with Crippen LogP contribution in [0, 0.1) is 0 Å². The summed E-state index contributed by atoms with van der Waals surface area (Å²) in [5.41, 5.74) is -1.37. The molecule has 1 aliphatic heterocycles. The molecule has 0 atom stereocenters. The van der Waals surface area contributed by atoms with E-state index in [2.05, 4.69) is 26.0 Å². The predicted octanol–water partition coefficient (Wildman–Crippen LogP) is 2.33. The molecule has 0 bridgehead atoms. The molecule has 0 N–H and O–H groups in total. The normalized spacial score (nSPS) is 23.3. The van der Waals surface area contributed by atoms with Crippen molar-refractivity contribution in [3.63, 3.8) is 0 Å². The number of hydrogen-bond acceptors (Lipinski definition) is 4. The number of pyridine rings is 1. The van der Waals surface area contributed by atoms with E-state index in [-0.39, 0.29) is 46.4 Å². The zero-order valence-corrected chi connectivity index (χ0v) is 13.7. The molecule has 0 aromatic carbocycles. The second-order valence-corrected chi connectivity index (χ2v) is 6.55. The Morgan fingerprint density at radius 1 is 1.19 bits per heavy atom. The summed E-state index contributed by atoms with van der Waals surface area (Å²) in [4.78, 5) is 3.86. The fraction of sp³-hybridized carbons (Fsp3) is 0.429. The van der Waals surface area contributed by atoms with E-state index in [1.54, 1.807) is 0 Å². The van der Waals surface area contributed by atoms with Gasteiger partial charge in [-0.15, -0.1) is 0 Å². The van der Waals surface area contributed by atoms with Gasteiger partial charge in [-0.05, 0) is 49.7 Å². The van der Waals surface area contributed by atoms with Gasteiger partial charge in [-0.1, -0.05) is 0 Å². The lowest BCUT2D eigenvalue weighted by Gasteiger charge is -2.32. The van der Waals surface area contributed by atoms with Crippen molar-refractivity contribution >= 4 is 28.5 Å². The molecular weight excluding hydrogens is 333 g/mol. The van der Waals surface area contributed by atoms with Crippen molar-refractivity contribution in [2.75, 3.05) is 0 Å². The Kier molecular flexibility index (Phi) is 2.29. The van der Waals surface area contributed by atoms with Gasteiger partial charge in [0.2, 0.25) is 0 Å². The SMILES string of the molecule is [2H]c1nn(-c2c([2H])nc([2H])c(B3OC(C)(C)C(C)(C)O3)c2[2H])c([2H])c1Br. The van der Waals surface area contributed by atoms with Crippen LogP contribution in [0.25, 0.3) is 5.69 Å². The molecule has 2 aromatic heterocycles. The average molecular weight is 355 g/mol. The van der Waals surface area contributed by atoms with E-state index in [1.165, 1.54) is 0 Å². The minimum absolute atomic E-state index is 0.0622. The number of rotatable bonds is 2. The minimum Gasteiger partial charge on any atom is -0.399 e. The summed E-state index contributed by atoms with van der Waals surface area (Å²) in [6, 6.07) is -0.239. The maximum atomic E-state index is 8.51. The van der Waals surface area contributed by atoms with Gasteiger partial charge in [-0.3, -0.25) is 4.98 Å². The lowest BCUT2D eigenvalue weighted by Crippen LogP contribution is -2.41. The van der Waals surface area contributed by atoms with E-state index >= 15 is 0 Å². The fourth-order valence-electron chi connectivity index (χ4n) is 1.84. The van der Waals surface area contributed by atoms with E-state index in [0.29, 0.717) is 0 Å². The Hall–Kier alpha value is -1.18. The largest absolute Gasteiger partial charge is 0.496 e. The fourth-order valence-corrected chi connectivity index (χ4v) is 2.09. The Morgan fingerprint density at radius 3 is 2.43 bits per heavy atom. The molecule has 0 saturated carbocycles. The molecular formula is C14H17BBrN3O2. The van der Waals surface area contributed by atoms with Crippen LogP contribution in [0.5, 0.6) is 0 Å². The highest BCUT2D eigenvalue weighted by Gasteiger charge is 2.51. The molecule has 1 aliphatic rings. The molecule has 0 radical (unpaired) electrons. The molecule has 21 heavy (non-hydrogen) atoms. The first kappa shape index (κ1) is 9.76. The quantitative estimate of drug-likeness (QED) is 0.776. The summed E-state index contributed by atoms with van der Waals surface area (Å²) in [7, 11) is -1.00. The molecule has 5 nitrogen and oxygen atoms in total. The van der Waals surface area contributed by atoms with Gasteiger partial charge in [0.05, 0.1) is 40.6 Å². The first-order valence-corrected chi connectivity index (χ1v) is 7.22. The Bertz CT molecular complexity index is 889. The summed E-state index contributed by atoms with van der Waals surface area (Å²) in [6.07, 6.45) is -1.06. The van der Waals surface area contributed by atoms with Gasteiger partial charge in [0.25, 0.3) is 0 Å². The number of hydrogen-bond donors (Lipinski definition) is 0. The van der Waals surface area contributed by atoms with Crippen LogP contribution in [0.3, 0.4) is 0 Å². The predicted molar refractivity (Wildman–Crippen MR) is 84.8 cm³/mol. The lowest BCUT2D eigenvalue weighted by molar-refractivity contribution is 0.00578. The van der Waals surface area contributed by atoms with Crippen LogP contribution < -0.4 is 5.46 Å². The van der Waals surface area contributed by atoms with Crippen molar-refractivity contribution in [3.05, 3.63) is 35.2 Å². The highest BCUT2D eigenvalue weighted by Crippen LogP contribution is 2.36. The molecule has 7 heteroatoms. The van der Waals surface area contributed by atoms with Gasteiger partial charge >= 0.3 is 7.12 Å². The van der Waals surface area contributed by atoms with Crippen molar-refractivity contribution in [1.29, 1.82) is 0 Å². The third kappa shape index (κ3) is 2.65. The Labute approximate surface area is 140 Å². The molecule has 0 aliphatic carbocycles. The first-order chi connectivity index (χ1) is 11.9. The molecule has 0 spiro atoms. The van der Waals surface area contributed by atoms with Crippen molar-refractivity contribution in [3.8, 4) is 5.69 Å². The Morgan fingerprint density at radius 2 is 1.86 bits per heavy atom. The monoisotopic (exact) mass is 354 g/mol. The van der Waals surface area contributed by atoms with Gasteiger partial charge in [-0.25, -0.2) is 4.68 Å². The van der Waals surface area contributed by atoms with Crippen molar-refractivity contribution in [2.24, 2.45) is 0 Å². The van der Waals surface area contributed by atoms with Crippen molar-refractivity contribution in [2.45, 2.75) is 38.9 Å². The summed E-state index contributed by atoms with van der Waals surface area (Å²) < 4.78 is 53.3. The van der Waals surface area contributed by atoms with Crippen LogP contribution in [0.2, 0.25) is 0 Å². The summed E-state index contributed by atoms with van der Waals surface area (Å²) in [6.45, 7) is 7.41. The van der Waals surface area contributed by atoms with E-state index in [0.717, 1.165) is 4.68 Å². The van der Waals surface area contributed by atoms with Gasteiger partial charge in [0.15, 0.2) is 0 Å².